The van der Waals surface area contributed by atoms with Gasteiger partial charge < -0.3 is 0 Å². The van der Waals surface area contributed by atoms with Gasteiger partial charge in [0, 0.05) is 47.2 Å². The maximum atomic E-state index is 2.42. The van der Waals surface area contributed by atoms with E-state index in [4.69, 9.17) is 0 Å². The Hall–Kier alpha value is 2.05. The van der Waals surface area contributed by atoms with Crippen LogP contribution in [0.3, 0.4) is 0 Å². The summed E-state index contributed by atoms with van der Waals surface area (Å²) in [7, 11) is 0. The molecule has 0 aromatic heterocycles. The fourth-order valence-electron chi connectivity index (χ4n) is 0. The maximum absolute atomic E-state index is 2.42. The Morgan fingerprint density at radius 1 is 1.17 bits per heavy atom. The van der Waals surface area contributed by atoms with Crippen molar-refractivity contribution < 1.29 is 38.8 Å². The number of hydrogen-bond acceptors (Lipinski definition) is 0. The molecule has 0 spiro atoms. The minimum Gasteiger partial charge on any atom is -0.128 e. The van der Waals surface area contributed by atoms with Gasteiger partial charge >= 0.3 is 0 Å². The number of rotatable bonds is 0. The van der Waals surface area contributed by atoms with E-state index in [1.165, 1.54) is 0 Å². The minimum atomic E-state index is 0. The molecule has 0 aliphatic heterocycles. The first-order chi connectivity index (χ1) is 1.00. The van der Waals surface area contributed by atoms with Gasteiger partial charge in [-0.2, -0.15) is 0 Å². The molecule has 0 N–H and O–H groups in total. The van der Waals surface area contributed by atoms with E-state index in [-0.39, 0.29) is 58.2 Å². The predicted molar refractivity (Wildman–Crippen MR) is 27.3 cm³/mol. The maximum Gasteiger partial charge on any atom is 0.112 e. The molecule has 0 aliphatic rings. The first kappa shape index (κ1) is 43.0. The molecule has 0 nitrogen and oxygen atoms in total. The average molecular weight is 187 g/mol. The molecule has 0 saturated carbocycles. The fraction of sp³-hybridized carbons (Fsp3) is 1.00. The smallest absolute Gasteiger partial charge is 0.112 e. The molecule has 0 aromatic rings. The minimum absolute atomic E-state index is 0. The summed E-state index contributed by atoms with van der Waals surface area (Å²) in [5, 5.41) is 0. The number of hydrogen-bond donors (Lipinski definition) is 0. The van der Waals surface area contributed by atoms with Gasteiger partial charge in [0.1, 0.15) is 16.3 Å². The quantitative estimate of drug-likeness (QED) is 0.410. The fourth-order valence-corrected chi connectivity index (χ4v) is 0. The summed E-state index contributed by atoms with van der Waals surface area (Å²) in [5.74, 6) is 1.92. The summed E-state index contributed by atoms with van der Waals surface area (Å²) in [4.78, 5) is 0. The van der Waals surface area contributed by atoms with E-state index < -0.39 is 0 Å². The van der Waals surface area contributed by atoms with Crippen molar-refractivity contribution in [3.63, 3.8) is 0 Å². The zero-order valence-corrected chi connectivity index (χ0v) is 9.93. The van der Waals surface area contributed by atoms with Gasteiger partial charge in [-0.1, -0.05) is 0 Å². The molecule has 0 rings (SSSR count). The van der Waals surface area contributed by atoms with Gasteiger partial charge in [-0.05, 0) is 11.0 Å². The van der Waals surface area contributed by atoms with Crippen LogP contribution in [0.5, 0.6) is 0 Å². The summed E-state index contributed by atoms with van der Waals surface area (Å²) in [5.41, 5.74) is 0. The van der Waals surface area contributed by atoms with Crippen LogP contribution in [0.1, 0.15) is 0 Å². The summed E-state index contributed by atoms with van der Waals surface area (Å²) >= 11 is 2.42. The molecule has 0 saturated heterocycles. The summed E-state index contributed by atoms with van der Waals surface area (Å²) in [6.45, 7) is 0. The van der Waals surface area contributed by atoms with Crippen LogP contribution in [-0.4, -0.2) is 35.7 Å². The van der Waals surface area contributed by atoms with E-state index >= 15 is 0 Å². The van der Waals surface area contributed by atoms with Crippen molar-refractivity contribution in [1.82, 2.24) is 0 Å². The van der Waals surface area contributed by atoms with Crippen LogP contribution in [0, 0.1) is 0 Å². The summed E-state index contributed by atoms with van der Waals surface area (Å²) in [6, 6.07) is 0. The molecule has 0 aromatic carbocycles. The van der Waals surface area contributed by atoms with Crippen LogP contribution in [0.25, 0.3) is 0 Å². The van der Waals surface area contributed by atoms with Crippen LogP contribution in [0.15, 0.2) is 0 Å². The van der Waals surface area contributed by atoms with Gasteiger partial charge in [-0.25, -0.2) is 0 Å². The normalized spacial score (nSPS) is 0.833. The molecule has 0 aliphatic carbocycles. The van der Waals surface area contributed by atoms with E-state index in [0.717, 1.165) is 0 Å². The van der Waals surface area contributed by atoms with Gasteiger partial charge in [-0.15, -0.1) is 5.79 Å². The molecular formula is CH6AlBMnSiTi. The van der Waals surface area contributed by atoms with Crippen molar-refractivity contribution in [3.05, 3.63) is 0 Å². The monoisotopic (exact) mass is 187 g/mol. The summed E-state index contributed by atoms with van der Waals surface area (Å²) < 4.78 is 0. The standard InChI is InChI=1S/CH3.Al.B.Mn.H3Si.Ti/h1H3;;;;1H3;. The second-order valence-electron chi connectivity index (χ2n) is 0. The van der Waals surface area contributed by atoms with Crippen molar-refractivity contribution in [1.29, 1.82) is 0 Å². The molecule has 6 heavy (non-hydrogen) atoms. The van der Waals surface area contributed by atoms with Gasteiger partial charge in [0.15, 0.2) is 0 Å². The molecule has 0 atom stereocenters. The van der Waals surface area contributed by atoms with E-state index in [9.17, 15) is 0 Å². The van der Waals surface area contributed by atoms with Crippen LogP contribution >= 0.6 is 0 Å². The van der Waals surface area contributed by atoms with E-state index in [1.807, 2.05) is 5.79 Å². The Kier molecular flexibility index (Phi) is 441. The van der Waals surface area contributed by atoms with Crippen LogP contribution in [0.2, 0.25) is 5.79 Å². The van der Waals surface area contributed by atoms with E-state index in [0.29, 0.717) is 0 Å². The van der Waals surface area contributed by atoms with Gasteiger partial charge in [-0.3, -0.25) is 0 Å². The van der Waals surface area contributed by atoms with E-state index in [2.05, 4.69) is 16.3 Å². The Bertz CT molecular complexity index is 15.5. The van der Waals surface area contributed by atoms with Crippen LogP contribution in [-0.2, 0) is 38.8 Å². The Balaban J connectivity index is -0.000000000833. The second-order valence-corrected chi connectivity index (χ2v) is 0. The summed E-state index contributed by atoms with van der Waals surface area (Å²) in [6.07, 6.45) is 0. The Morgan fingerprint density at radius 2 is 1.17 bits per heavy atom. The molecule has 0 amide bonds. The molecule has 0 bridgehead atoms. The van der Waals surface area contributed by atoms with Gasteiger partial charge in [0.25, 0.3) is 0 Å². The molecular weight excluding hydrogens is 181 g/mol. The van der Waals surface area contributed by atoms with Crippen molar-refractivity contribution in [2.24, 2.45) is 0 Å². The average Bonchev–Trinajstić information content (AvgIpc) is 1.00. The first-order valence-electron chi connectivity index (χ1n) is 0.577. The third-order valence-electron chi connectivity index (χ3n) is 0. The van der Waals surface area contributed by atoms with Crippen molar-refractivity contribution in [2.75, 3.05) is 0 Å². The van der Waals surface area contributed by atoms with Crippen LogP contribution in [0.4, 0.5) is 0 Å². The molecule has 0 unspecified atom stereocenters. The Morgan fingerprint density at radius 3 is 1.17 bits per heavy atom. The first-order valence-corrected chi connectivity index (χ1v) is 1.73. The largest absolute Gasteiger partial charge is 0.128 e. The van der Waals surface area contributed by atoms with Crippen LogP contribution < -0.4 is 0 Å². The van der Waals surface area contributed by atoms with E-state index in [1.54, 1.807) is 0 Å². The van der Waals surface area contributed by atoms with Gasteiger partial charge in [0.2, 0.25) is 0 Å². The molecule has 31 valence electrons. The molecule has 5 heteroatoms. The predicted octanol–water partition coefficient (Wildman–Crippen LogP) is -1.37. The third-order valence-corrected chi connectivity index (χ3v) is 0. The zero-order chi connectivity index (χ0) is 2.00. The SMILES string of the molecule is [B].[CH3][Al].[Mn].[SiH3].[Ti]. The van der Waals surface area contributed by atoms with Gasteiger partial charge in [0.05, 0.1) is 0 Å². The second kappa shape index (κ2) is 61.5. The van der Waals surface area contributed by atoms with Crippen molar-refractivity contribution in [3.8, 4) is 0 Å². The molecule has 7 radical (unpaired) electrons. The molecule has 0 fully saturated rings. The zero-order valence-electron chi connectivity index (χ0n) is 4.03. The van der Waals surface area contributed by atoms with Crippen molar-refractivity contribution >= 4 is 35.7 Å². The van der Waals surface area contributed by atoms with Crippen molar-refractivity contribution in [2.45, 2.75) is 5.79 Å². The third kappa shape index (κ3) is 36.7. The Labute approximate surface area is 79.6 Å². The topological polar surface area (TPSA) is 0 Å². The molecule has 0 heterocycles.